The highest BCUT2D eigenvalue weighted by Crippen LogP contribution is 2.34. The van der Waals surface area contributed by atoms with Gasteiger partial charge in [-0.15, -0.1) is 0 Å². The Balaban J connectivity index is 1.64. The lowest BCUT2D eigenvalue weighted by molar-refractivity contribution is 0.0697. The largest absolute Gasteiger partial charge is 0.490 e. The van der Waals surface area contributed by atoms with Crippen LogP contribution in [0, 0.1) is 6.92 Å². The molecule has 0 bridgehead atoms. The van der Waals surface area contributed by atoms with Crippen LogP contribution in [0.1, 0.15) is 39.5 Å². The Labute approximate surface area is 187 Å². The molecule has 0 aromatic heterocycles. The van der Waals surface area contributed by atoms with Crippen molar-refractivity contribution in [2.24, 2.45) is 0 Å². The van der Waals surface area contributed by atoms with E-state index in [9.17, 15) is 4.79 Å². The lowest BCUT2D eigenvalue weighted by atomic mass is 10.1. The van der Waals surface area contributed by atoms with Crippen LogP contribution in [0.4, 0.5) is 0 Å². The van der Waals surface area contributed by atoms with E-state index in [4.69, 9.17) is 26.2 Å². The van der Waals surface area contributed by atoms with Crippen molar-refractivity contribution in [2.75, 3.05) is 6.61 Å². The normalized spacial score (nSPS) is 10.7. The summed E-state index contributed by atoms with van der Waals surface area (Å²) in [5, 5.41) is 12.9. The van der Waals surface area contributed by atoms with Gasteiger partial charge in [-0.1, -0.05) is 53.6 Å². The number of halogens is 1. The Morgan fingerprint density at radius 3 is 2.23 bits per heavy atom. The molecule has 0 spiro atoms. The minimum Gasteiger partial charge on any atom is -0.490 e. The molecule has 0 saturated heterocycles. The van der Waals surface area contributed by atoms with Gasteiger partial charge in [-0.3, -0.25) is 0 Å². The van der Waals surface area contributed by atoms with Crippen molar-refractivity contribution in [3.63, 3.8) is 0 Å². The molecule has 3 rings (SSSR count). The first-order chi connectivity index (χ1) is 15.0. The molecule has 0 heterocycles. The number of benzene rings is 3. The molecule has 0 aliphatic carbocycles. The van der Waals surface area contributed by atoms with E-state index in [2.05, 4.69) is 24.4 Å². The molecule has 0 amide bonds. The first kappa shape index (κ1) is 22.7. The lowest BCUT2D eigenvalue weighted by Crippen LogP contribution is -2.13. The van der Waals surface area contributed by atoms with Crippen LogP contribution >= 0.6 is 11.6 Å². The van der Waals surface area contributed by atoms with Gasteiger partial charge in [-0.2, -0.15) is 0 Å². The average Bonchev–Trinajstić information content (AvgIpc) is 2.76. The average molecular weight is 440 g/mol. The standard InChI is InChI=1S/C25H26ClNO4/c1-3-30-23-12-21(15-27-14-18-8-10-20(11-9-18)25(28)29)22(26)13-24(23)31-16-19-6-4-17(2)5-7-19/h4-13,27H,3,14-16H2,1-2H3,(H,28,29). The molecule has 2 N–H and O–H groups in total. The summed E-state index contributed by atoms with van der Waals surface area (Å²) in [5.74, 6) is 0.335. The fourth-order valence-corrected chi connectivity index (χ4v) is 3.27. The Bertz CT molecular complexity index is 1020. The Kier molecular flexibility index (Phi) is 7.93. The molecule has 0 radical (unpaired) electrons. The highest BCUT2D eigenvalue weighted by Gasteiger charge is 2.12. The highest BCUT2D eigenvalue weighted by molar-refractivity contribution is 6.31. The summed E-state index contributed by atoms with van der Waals surface area (Å²) < 4.78 is 11.8. The third kappa shape index (κ3) is 6.48. The van der Waals surface area contributed by atoms with Crippen LogP contribution in [0.25, 0.3) is 0 Å². The number of rotatable bonds is 10. The first-order valence-electron chi connectivity index (χ1n) is 10.1. The number of carbonyl (C=O) groups is 1. The second kappa shape index (κ2) is 10.8. The predicted octanol–water partition coefficient (Wildman–Crippen LogP) is 5.61. The van der Waals surface area contributed by atoms with E-state index in [1.54, 1.807) is 30.3 Å². The fraction of sp³-hybridized carbons (Fsp3) is 0.240. The predicted molar refractivity (Wildman–Crippen MR) is 122 cm³/mol. The van der Waals surface area contributed by atoms with Gasteiger partial charge in [0, 0.05) is 24.2 Å². The molecule has 6 heteroatoms. The number of carboxylic acid groups (broad SMARTS) is 1. The molecule has 0 saturated carbocycles. The summed E-state index contributed by atoms with van der Waals surface area (Å²) in [6.07, 6.45) is 0. The molecular formula is C25H26ClNO4. The molecule has 0 atom stereocenters. The number of ether oxygens (including phenoxy) is 2. The number of hydrogen-bond donors (Lipinski definition) is 2. The second-order valence-corrected chi connectivity index (χ2v) is 7.61. The third-order valence-electron chi connectivity index (χ3n) is 4.77. The minimum absolute atomic E-state index is 0.273. The van der Waals surface area contributed by atoms with Crippen molar-refractivity contribution in [1.82, 2.24) is 5.32 Å². The van der Waals surface area contributed by atoms with Gasteiger partial charge in [0.2, 0.25) is 0 Å². The van der Waals surface area contributed by atoms with E-state index in [-0.39, 0.29) is 5.56 Å². The first-order valence-corrected chi connectivity index (χ1v) is 10.5. The maximum Gasteiger partial charge on any atom is 0.335 e. The Morgan fingerprint density at radius 1 is 0.935 bits per heavy atom. The van der Waals surface area contributed by atoms with E-state index in [0.29, 0.717) is 42.8 Å². The smallest absolute Gasteiger partial charge is 0.335 e. The van der Waals surface area contributed by atoms with Crippen LogP contribution < -0.4 is 14.8 Å². The summed E-state index contributed by atoms with van der Waals surface area (Å²) >= 11 is 6.50. The summed E-state index contributed by atoms with van der Waals surface area (Å²) in [6, 6.07) is 18.7. The minimum atomic E-state index is -0.931. The summed E-state index contributed by atoms with van der Waals surface area (Å²) in [6.45, 7) is 6.06. The number of nitrogens with one attached hydrogen (secondary N) is 1. The van der Waals surface area contributed by atoms with E-state index >= 15 is 0 Å². The lowest BCUT2D eigenvalue weighted by Gasteiger charge is -2.15. The van der Waals surface area contributed by atoms with Crippen molar-refractivity contribution < 1.29 is 19.4 Å². The van der Waals surface area contributed by atoms with Crippen molar-refractivity contribution in [2.45, 2.75) is 33.5 Å². The molecule has 0 aliphatic rings. The molecule has 0 aliphatic heterocycles. The molecule has 0 unspecified atom stereocenters. The van der Waals surface area contributed by atoms with Crippen molar-refractivity contribution >= 4 is 17.6 Å². The Hall–Kier alpha value is -3.02. The highest BCUT2D eigenvalue weighted by atomic mass is 35.5. The van der Waals surface area contributed by atoms with Gasteiger partial charge in [0.05, 0.1) is 12.2 Å². The molecule has 162 valence electrons. The zero-order chi connectivity index (χ0) is 22.2. The van der Waals surface area contributed by atoms with Gasteiger partial charge in [-0.25, -0.2) is 4.79 Å². The van der Waals surface area contributed by atoms with Gasteiger partial charge in [-0.05, 0) is 48.7 Å². The molecule has 31 heavy (non-hydrogen) atoms. The number of hydrogen-bond acceptors (Lipinski definition) is 4. The SMILES string of the molecule is CCOc1cc(CNCc2ccc(C(=O)O)cc2)c(Cl)cc1OCc1ccc(C)cc1. The van der Waals surface area contributed by atoms with E-state index < -0.39 is 5.97 Å². The van der Waals surface area contributed by atoms with Crippen LogP contribution in [0.15, 0.2) is 60.7 Å². The van der Waals surface area contributed by atoms with Gasteiger partial charge in [0.25, 0.3) is 0 Å². The molecular weight excluding hydrogens is 414 g/mol. The molecule has 3 aromatic carbocycles. The second-order valence-electron chi connectivity index (χ2n) is 7.20. The molecule has 5 nitrogen and oxygen atoms in total. The van der Waals surface area contributed by atoms with E-state index in [0.717, 1.165) is 16.7 Å². The fourth-order valence-electron chi connectivity index (χ4n) is 3.05. The summed E-state index contributed by atoms with van der Waals surface area (Å²) in [7, 11) is 0. The van der Waals surface area contributed by atoms with Crippen LogP contribution in [0.2, 0.25) is 5.02 Å². The summed E-state index contributed by atoms with van der Waals surface area (Å²) in [5.41, 5.74) is 4.44. The van der Waals surface area contributed by atoms with Gasteiger partial charge >= 0.3 is 5.97 Å². The topological polar surface area (TPSA) is 67.8 Å². The van der Waals surface area contributed by atoms with Crippen LogP contribution in [0.3, 0.4) is 0 Å². The summed E-state index contributed by atoms with van der Waals surface area (Å²) in [4.78, 5) is 10.9. The van der Waals surface area contributed by atoms with Crippen molar-refractivity contribution in [3.8, 4) is 11.5 Å². The maximum atomic E-state index is 10.9. The van der Waals surface area contributed by atoms with Crippen molar-refractivity contribution in [1.29, 1.82) is 0 Å². The molecule has 3 aromatic rings. The van der Waals surface area contributed by atoms with Gasteiger partial charge in [0.1, 0.15) is 6.61 Å². The van der Waals surface area contributed by atoms with Gasteiger partial charge < -0.3 is 19.9 Å². The van der Waals surface area contributed by atoms with Crippen LogP contribution in [-0.2, 0) is 19.7 Å². The van der Waals surface area contributed by atoms with Crippen LogP contribution in [-0.4, -0.2) is 17.7 Å². The quantitative estimate of drug-likeness (QED) is 0.429. The van der Waals surface area contributed by atoms with Crippen LogP contribution in [0.5, 0.6) is 11.5 Å². The van der Waals surface area contributed by atoms with Crippen molar-refractivity contribution in [3.05, 3.63) is 93.5 Å². The van der Waals surface area contributed by atoms with E-state index in [1.165, 1.54) is 5.56 Å². The number of carboxylic acids is 1. The number of aromatic carboxylic acids is 1. The van der Waals surface area contributed by atoms with Gasteiger partial charge in [0.15, 0.2) is 11.5 Å². The third-order valence-corrected chi connectivity index (χ3v) is 5.12. The zero-order valence-corrected chi connectivity index (χ0v) is 18.4. The zero-order valence-electron chi connectivity index (χ0n) is 17.7. The van der Waals surface area contributed by atoms with E-state index in [1.807, 2.05) is 25.1 Å². The Morgan fingerprint density at radius 2 is 1.58 bits per heavy atom. The number of aryl methyl sites for hydroxylation is 1. The maximum absolute atomic E-state index is 10.9. The molecule has 0 fully saturated rings. The monoisotopic (exact) mass is 439 g/mol.